The molecule has 0 saturated heterocycles. The fraction of sp³-hybridized carbons (Fsp3) is 0.308. The van der Waals surface area contributed by atoms with E-state index in [4.69, 9.17) is 0 Å². The SMILES string of the molecule is Cn1ccnc1C(O)C1Cc2ccccc21. The van der Waals surface area contributed by atoms with E-state index in [0.717, 1.165) is 12.2 Å². The fourth-order valence-electron chi connectivity index (χ4n) is 2.42. The van der Waals surface area contributed by atoms with Crippen LogP contribution in [0.2, 0.25) is 0 Å². The normalized spacial score (nSPS) is 20.0. The summed E-state index contributed by atoms with van der Waals surface area (Å²) in [5, 5.41) is 10.3. The molecule has 16 heavy (non-hydrogen) atoms. The maximum Gasteiger partial charge on any atom is 0.138 e. The number of rotatable bonds is 2. The van der Waals surface area contributed by atoms with Crippen molar-refractivity contribution in [1.82, 2.24) is 9.55 Å². The van der Waals surface area contributed by atoms with Crippen LogP contribution in [0.1, 0.15) is 29.0 Å². The van der Waals surface area contributed by atoms with Crippen molar-refractivity contribution in [3.05, 3.63) is 53.6 Å². The summed E-state index contributed by atoms with van der Waals surface area (Å²) in [5.41, 5.74) is 2.61. The molecule has 0 aliphatic heterocycles. The van der Waals surface area contributed by atoms with E-state index in [2.05, 4.69) is 17.1 Å². The second-order valence-electron chi connectivity index (χ2n) is 4.35. The highest BCUT2D eigenvalue weighted by Crippen LogP contribution is 2.42. The molecule has 2 unspecified atom stereocenters. The zero-order valence-corrected chi connectivity index (χ0v) is 9.17. The maximum absolute atomic E-state index is 10.3. The van der Waals surface area contributed by atoms with Gasteiger partial charge in [-0.2, -0.15) is 0 Å². The first-order valence-electron chi connectivity index (χ1n) is 5.50. The number of fused-ring (bicyclic) bond motifs is 1. The van der Waals surface area contributed by atoms with Gasteiger partial charge in [-0.25, -0.2) is 4.98 Å². The summed E-state index contributed by atoms with van der Waals surface area (Å²) < 4.78 is 1.88. The minimum Gasteiger partial charge on any atom is -0.385 e. The van der Waals surface area contributed by atoms with Crippen LogP contribution in [0.3, 0.4) is 0 Å². The first-order chi connectivity index (χ1) is 7.77. The van der Waals surface area contributed by atoms with Crippen molar-refractivity contribution in [3.63, 3.8) is 0 Å². The van der Waals surface area contributed by atoms with E-state index in [1.165, 1.54) is 11.1 Å². The Labute approximate surface area is 94.4 Å². The Morgan fingerprint density at radius 3 is 2.94 bits per heavy atom. The van der Waals surface area contributed by atoms with Gasteiger partial charge in [0, 0.05) is 25.4 Å². The summed E-state index contributed by atoms with van der Waals surface area (Å²) in [6.45, 7) is 0. The molecule has 1 aliphatic rings. The monoisotopic (exact) mass is 214 g/mol. The summed E-state index contributed by atoms with van der Waals surface area (Å²) in [4.78, 5) is 4.20. The van der Waals surface area contributed by atoms with Crippen molar-refractivity contribution in [2.45, 2.75) is 18.4 Å². The molecule has 0 radical (unpaired) electrons. The number of benzene rings is 1. The van der Waals surface area contributed by atoms with E-state index in [0.29, 0.717) is 0 Å². The van der Waals surface area contributed by atoms with Gasteiger partial charge >= 0.3 is 0 Å². The van der Waals surface area contributed by atoms with Gasteiger partial charge in [0.15, 0.2) is 0 Å². The largest absolute Gasteiger partial charge is 0.385 e. The lowest BCUT2D eigenvalue weighted by atomic mass is 9.74. The third-order valence-corrected chi connectivity index (χ3v) is 3.40. The molecule has 82 valence electrons. The van der Waals surface area contributed by atoms with Crippen molar-refractivity contribution in [2.75, 3.05) is 0 Å². The van der Waals surface area contributed by atoms with Gasteiger partial charge in [-0.3, -0.25) is 0 Å². The predicted molar refractivity (Wildman–Crippen MR) is 61.1 cm³/mol. The first kappa shape index (κ1) is 9.60. The average molecular weight is 214 g/mol. The molecule has 3 rings (SSSR count). The van der Waals surface area contributed by atoms with E-state index < -0.39 is 6.10 Å². The third-order valence-electron chi connectivity index (χ3n) is 3.40. The molecule has 1 aliphatic carbocycles. The summed E-state index contributed by atoms with van der Waals surface area (Å²) in [5.74, 6) is 0.955. The molecule has 0 amide bonds. The number of nitrogens with zero attached hydrogens (tertiary/aromatic N) is 2. The molecule has 0 saturated carbocycles. The molecule has 1 heterocycles. The molecule has 2 atom stereocenters. The second kappa shape index (κ2) is 3.46. The van der Waals surface area contributed by atoms with Crippen LogP contribution in [-0.4, -0.2) is 14.7 Å². The Morgan fingerprint density at radius 2 is 2.25 bits per heavy atom. The van der Waals surface area contributed by atoms with E-state index in [9.17, 15) is 5.11 Å². The highest BCUT2D eigenvalue weighted by Gasteiger charge is 2.34. The summed E-state index contributed by atoms with van der Waals surface area (Å²) in [6.07, 6.45) is 4.05. The van der Waals surface area contributed by atoms with Crippen molar-refractivity contribution in [2.24, 2.45) is 7.05 Å². The van der Waals surface area contributed by atoms with Crippen LogP contribution in [0.5, 0.6) is 0 Å². The third kappa shape index (κ3) is 1.28. The Morgan fingerprint density at radius 1 is 1.44 bits per heavy atom. The van der Waals surface area contributed by atoms with E-state index >= 15 is 0 Å². The van der Waals surface area contributed by atoms with Crippen LogP contribution in [0, 0.1) is 0 Å². The molecule has 0 fully saturated rings. The topological polar surface area (TPSA) is 38.0 Å². The Kier molecular flexibility index (Phi) is 2.07. The fourth-order valence-corrected chi connectivity index (χ4v) is 2.42. The summed E-state index contributed by atoms with van der Waals surface area (Å²) in [6, 6.07) is 8.28. The van der Waals surface area contributed by atoms with Crippen LogP contribution < -0.4 is 0 Å². The number of imidazole rings is 1. The van der Waals surface area contributed by atoms with Gasteiger partial charge in [0.2, 0.25) is 0 Å². The number of aliphatic hydroxyl groups is 1. The van der Waals surface area contributed by atoms with E-state index in [1.54, 1.807) is 6.20 Å². The lowest BCUT2D eigenvalue weighted by Gasteiger charge is -2.33. The Balaban J connectivity index is 1.90. The number of aromatic nitrogens is 2. The van der Waals surface area contributed by atoms with Gasteiger partial charge in [0.1, 0.15) is 11.9 Å². The lowest BCUT2D eigenvalue weighted by Crippen LogP contribution is -2.25. The smallest absolute Gasteiger partial charge is 0.138 e. The number of hydrogen-bond donors (Lipinski definition) is 1. The van der Waals surface area contributed by atoms with Gasteiger partial charge in [-0.15, -0.1) is 0 Å². The molecule has 2 aromatic rings. The van der Waals surface area contributed by atoms with E-state index in [-0.39, 0.29) is 5.92 Å². The van der Waals surface area contributed by atoms with E-state index in [1.807, 2.05) is 29.9 Å². The van der Waals surface area contributed by atoms with Gasteiger partial charge in [-0.1, -0.05) is 24.3 Å². The van der Waals surface area contributed by atoms with Gasteiger partial charge in [0.05, 0.1) is 0 Å². The van der Waals surface area contributed by atoms with Crippen LogP contribution in [-0.2, 0) is 13.5 Å². The van der Waals surface area contributed by atoms with Crippen molar-refractivity contribution in [1.29, 1.82) is 0 Å². The zero-order valence-electron chi connectivity index (χ0n) is 9.17. The molecular weight excluding hydrogens is 200 g/mol. The number of hydrogen-bond acceptors (Lipinski definition) is 2. The highest BCUT2D eigenvalue weighted by molar-refractivity contribution is 5.41. The predicted octanol–water partition coefficient (Wildman–Crippen LogP) is 1.79. The van der Waals surface area contributed by atoms with Gasteiger partial charge in [-0.05, 0) is 17.5 Å². The second-order valence-corrected chi connectivity index (χ2v) is 4.35. The number of aliphatic hydroxyl groups excluding tert-OH is 1. The molecular formula is C13H14N2O. The quantitative estimate of drug-likeness (QED) is 0.827. The van der Waals surface area contributed by atoms with Crippen molar-refractivity contribution in [3.8, 4) is 0 Å². The highest BCUT2D eigenvalue weighted by atomic mass is 16.3. The zero-order chi connectivity index (χ0) is 11.1. The summed E-state index contributed by atoms with van der Waals surface area (Å²) >= 11 is 0. The Bertz CT molecular complexity index is 518. The average Bonchev–Trinajstić information content (AvgIpc) is 2.66. The van der Waals surface area contributed by atoms with Gasteiger partial charge in [0.25, 0.3) is 0 Å². The number of aryl methyl sites for hydroxylation is 1. The van der Waals surface area contributed by atoms with Crippen molar-refractivity contribution >= 4 is 0 Å². The molecule has 1 N–H and O–H groups in total. The van der Waals surface area contributed by atoms with Gasteiger partial charge < -0.3 is 9.67 Å². The van der Waals surface area contributed by atoms with Crippen LogP contribution in [0.15, 0.2) is 36.7 Å². The molecule has 1 aromatic carbocycles. The molecule has 0 bridgehead atoms. The Hall–Kier alpha value is -1.61. The first-order valence-corrected chi connectivity index (χ1v) is 5.50. The van der Waals surface area contributed by atoms with Crippen molar-refractivity contribution < 1.29 is 5.11 Å². The van der Waals surface area contributed by atoms with Crippen LogP contribution in [0.4, 0.5) is 0 Å². The molecule has 1 aromatic heterocycles. The van der Waals surface area contributed by atoms with Crippen LogP contribution >= 0.6 is 0 Å². The molecule has 0 spiro atoms. The summed E-state index contributed by atoms with van der Waals surface area (Å²) in [7, 11) is 1.91. The molecule has 3 nitrogen and oxygen atoms in total. The lowest BCUT2D eigenvalue weighted by molar-refractivity contribution is 0.122. The minimum absolute atomic E-state index is 0.206. The maximum atomic E-state index is 10.3. The standard InChI is InChI=1S/C13H14N2O/c1-15-7-6-14-13(15)12(16)11-8-9-4-2-3-5-10(9)11/h2-7,11-12,16H,8H2,1H3. The minimum atomic E-state index is -0.491. The molecule has 3 heteroatoms. The van der Waals surface area contributed by atoms with Crippen LogP contribution in [0.25, 0.3) is 0 Å².